The Hall–Kier alpha value is -3.46. The van der Waals surface area contributed by atoms with Crippen LogP contribution in [0.2, 0.25) is 0 Å². The number of hydrogen-bond donors (Lipinski definition) is 1. The number of pyridine rings is 1. The molecule has 7 rings (SSSR count). The SMILES string of the molecule is CN1CCC(S(=O)(=O)c2ccc(-c3cc4cnc(Nc5ccc(C6CN(C)CCS6)cc5)nc4n(CC4CC4)c3=O)c(C(F)(F)F)c2)CC1. The van der Waals surface area contributed by atoms with Crippen LogP contribution in [0.5, 0.6) is 0 Å². The highest BCUT2D eigenvalue weighted by Gasteiger charge is 2.38. The molecule has 4 heterocycles. The molecule has 2 saturated heterocycles. The van der Waals surface area contributed by atoms with Crippen molar-refractivity contribution in [2.45, 2.75) is 53.8 Å². The van der Waals surface area contributed by atoms with Crippen molar-refractivity contribution in [2.75, 3.05) is 51.3 Å². The lowest BCUT2D eigenvalue weighted by molar-refractivity contribution is -0.137. The number of nitrogens with one attached hydrogen (secondary N) is 1. The van der Waals surface area contributed by atoms with E-state index in [1.54, 1.807) is 0 Å². The number of rotatable bonds is 8. The average Bonchev–Trinajstić information content (AvgIpc) is 3.90. The van der Waals surface area contributed by atoms with E-state index in [-0.39, 0.29) is 27.9 Å². The largest absolute Gasteiger partial charge is 0.417 e. The Morgan fingerprint density at radius 1 is 0.939 bits per heavy atom. The first-order valence-electron chi connectivity index (χ1n) is 16.6. The van der Waals surface area contributed by atoms with Gasteiger partial charge in [0.2, 0.25) is 5.95 Å². The number of likely N-dealkylation sites (tertiary alicyclic amines) is 1. The molecular formula is C35H39F3N6O3S2. The predicted molar refractivity (Wildman–Crippen MR) is 187 cm³/mol. The Morgan fingerprint density at radius 3 is 2.35 bits per heavy atom. The quantitative estimate of drug-likeness (QED) is 0.228. The molecule has 3 fully saturated rings. The molecule has 2 aliphatic heterocycles. The molecule has 14 heteroatoms. The summed E-state index contributed by atoms with van der Waals surface area (Å²) in [7, 11) is 0.00157. The van der Waals surface area contributed by atoms with Crippen molar-refractivity contribution in [1.82, 2.24) is 24.3 Å². The van der Waals surface area contributed by atoms with Crippen LogP contribution < -0.4 is 10.9 Å². The summed E-state index contributed by atoms with van der Waals surface area (Å²) in [5, 5.41) is 3.26. The molecule has 1 atom stereocenters. The number of benzene rings is 2. The summed E-state index contributed by atoms with van der Waals surface area (Å²) in [6.45, 7) is 3.47. The van der Waals surface area contributed by atoms with Crippen molar-refractivity contribution in [3.05, 3.63) is 76.2 Å². The topological polar surface area (TPSA) is 100 Å². The predicted octanol–water partition coefficient (Wildman–Crippen LogP) is 6.22. The van der Waals surface area contributed by atoms with Crippen LogP contribution in [0.1, 0.15) is 42.1 Å². The summed E-state index contributed by atoms with van der Waals surface area (Å²) in [5.74, 6) is 1.57. The third kappa shape index (κ3) is 7.24. The standard InChI is InChI=1S/C35H39F3N6O3S2/c1-42-13-11-26(12-14-42)49(46,47)27-9-10-28(30(18-27)35(36,37)38)29-17-24-19-39-34(41-32(24)44(33(29)45)20-22-3-4-22)40-25-7-5-23(6-8-25)31-21-43(2)15-16-48-31/h5-10,17-19,22,26,31H,3-4,11-16,20-21H2,1-2H3,(H,39,40,41). The minimum absolute atomic E-state index is 0.171. The second-order valence-corrected chi connectivity index (χ2v) is 17.0. The molecule has 2 aromatic carbocycles. The molecule has 1 unspecified atom stereocenters. The Morgan fingerprint density at radius 2 is 1.67 bits per heavy atom. The fourth-order valence-corrected chi connectivity index (χ4v) is 9.85. The maximum absolute atomic E-state index is 14.6. The molecular weight excluding hydrogens is 674 g/mol. The number of alkyl halides is 3. The number of sulfone groups is 1. The third-order valence-corrected chi connectivity index (χ3v) is 13.3. The van der Waals surface area contributed by atoms with Crippen LogP contribution in [-0.4, -0.2) is 84.0 Å². The molecule has 4 aromatic rings. The molecule has 0 bridgehead atoms. The number of piperidine rings is 1. The molecule has 1 aliphatic carbocycles. The number of hydrogen-bond acceptors (Lipinski definition) is 9. The summed E-state index contributed by atoms with van der Waals surface area (Å²) < 4.78 is 72.2. The lowest BCUT2D eigenvalue weighted by atomic mass is 9.99. The van der Waals surface area contributed by atoms with E-state index in [2.05, 4.69) is 39.4 Å². The first-order chi connectivity index (χ1) is 23.4. The van der Waals surface area contributed by atoms with Crippen LogP contribution in [-0.2, 0) is 22.6 Å². The first kappa shape index (κ1) is 34.0. The van der Waals surface area contributed by atoms with Crippen molar-refractivity contribution in [3.63, 3.8) is 0 Å². The summed E-state index contributed by atoms with van der Waals surface area (Å²) in [4.78, 5) is 27.1. The maximum atomic E-state index is 14.6. The number of likely N-dealkylation sites (N-methyl/N-ethyl adjacent to an activating group) is 1. The minimum atomic E-state index is -4.90. The van der Waals surface area contributed by atoms with Crippen LogP contribution in [0.3, 0.4) is 0 Å². The molecule has 49 heavy (non-hydrogen) atoms. The van der Waals surface area contributed by atoms with Gasteiger partial charge in [-0.15, -0.1) is 0 Å². The van der Waals surface area contributed by atoms with Gasteiger partial charge in [-0.1, -0.05) is 18.2 Å². The van der Waals surface area contributed by atoms with E-state index in [1.807, 2.05) is 35.8 Å². The average molecular weight is 713 g/mol. The highest BCUT2D eigenvalue weighted by atomic mass is 32.2. The van der Waals surface area contributed by atoms with Crippen molar-refractivity contribution in [3.8, 4) is 11.1 Å². The van der Waals surface area contributed by atoms with E-state index in [9.17, 15) is 26.4 Å². The molecule has 0 amide bonds. The zero-order valence-corrected chi connectivity index (χ0v) is 29.0. The van der Waals surface area contributed by atoms with Gasteiger partial charge in [0.25, 0.3) is 5.56 Å². The number of aromatic nitrogens is 3. The molecule has 1 N–H and O–H groups in total. The van der Waals surface area contributed by atoms with Gasteiger partial charge < -0.3 is 15.1 Å². The first-order valence-corrected chi connectivity index (χ1v) is 19.2. The molecule has 2 aromatic heterocycles. The number of nitrogens with zero attached hydrogens (tertiary/aromatic N) is 5. The Bertz CT molecular complexity index is 2030. The summed E-state index contributed by atoms with van der Waals surface area (Å²) >= 11 is 1.94. The number of thioether (sulfide) groups is 1. The number of anilines is 2. The molecule has 0 radical (unpaired) electrons. The monoisotopic (exact) mass is 712 g/mol. The molecule has 0 spiro atoms. The van der Waals surface area contributed by atoms with Crippen molar-refractivity contribution in [1.29, 1.82) is 0 Å². The van der Waals surface area contributed by atoms with Gasteiger partial charge in [-0.2, -0.15) is 29.9 Å². The van der Waals surface area contributed by atoms with Crippen molar-refractivity contribution in [2.24, 2.45) is 5.92 Å². The number of fused-ring (bicyclic) bond motifs is 1. The van der Waals surface area contributed by atoms with E-state index in [0.29, 0.717) is 54.8 Å². The van der Waals surface area contributed by atoms with E-state index < -0.39 is 32.4 Å². The van der Waals surface area contributed by atoms with Gasteiger partial charge in [0.15, 0.2) is 9.84 Å². The molecule has 3 aliphatic rings. The normalized spacial score (nSPS) is 20.1. The fourth-order valence-electron chi connectivity index (χ4n) is 6.69. The molecule has 1 saturated carbocycles. The second-order valence-electron chi connectivity index (χ2n) is 13.5. The van der Waals surface area contributed by atoms with E-state index in [0.717, 1.165) is 43.4 Å². The zero-order valence-electron chi connectivity index (χ0n) is 27.4. The highest BCUT2D eigenvalue weighted by Crippen LogP contribution is 2.40. The smallest absolute Gasteiger partial charge is 0.324 e. The van der Waals surface area contributed by atoms with Gasteiger partial charge in [0.05, 0.1) is 15.7 Å². The van der Waals surface area contributed by atoms with Gasteiger partial charge in [0, 0.05) is 53.5 Å². The van der Waals surface area contributed by atoms with Crippen LogP contribution in [0.15, 0.2) is 64.4 Å². The Balaban J connectivity index is 1.23. The Labute approximate surface area is 287 Å². The lowest BCUT2D eigenvalue weighted by Gasteiger charge is -2.29. The van der Waals surface area contributed by atoms with E-state index in [4.69, 9.17) is 0 Å². The minimum Gasteiger partial charge on any atom is -0.324 e. The van der Waals surface area contributed by atoms with Crippen molar-refractivity contribution < 1.29 is 21.6 Å². The summed E-state index contributed by atoms with van der Waals surface area (Å²) in [6, 6.07) is 12.5. The van der Waals surface area contributed by atoms with Gasteiger partial charge in [-0.05, 0) is 100 Å². The van der Waals surface area contributed by atoms with Crippen LogP contribution in [0.4, 0.5) is 24.8 Å². The molecule has 9 nitrogen and oxygen atoms in total. The zero-order chi connectivity index (χ0) is 34.5. The lowest BCUT2D eigenvalue weighted by Crippen LogP contribution is -2.37. The fraction of sp³-hybridized carbons (Fsp3) is 0.457. The van der Waals surface area contributed by atoms with Crippen LogP contribution in [0, 0.1) is 5.92 Å². The van der Waals surface area contributed by atoms with Crippen molar-refractivity contribution >= 4 is 44.3 Å². The highest BCUT2D eigenvalue weighted by molar-refractivity contribution is 7.99. The van der Waals surface area contributed by atoms with Crippen LogP contribution >= 0.6 is 11.8 Å². The van der Waals surface area contributed by atoms with E-state index in [1.165, 1.54) is 28.5 Å². The van der Waals surface area contributed by atoms with Crippen LogP contribution in [0.25, 0.3) is 22.2 Å². The van der Waals surface area contributed by atoms with Gasteiger partial charge in [-0.3, -0.25) is 9.36 Å². The third-order valence-electron chi connectivity index (χ3n) is 9.79. The number of halogens is 3. The second kappa shape index (κ2) is 13.3. The summed E-state index contributed by atoms with van der Waals surface area (Å²) in [6.07, 6.45) is -0.885. The molecule has 260 valence electrons. The van der Waals surface area contributed by atoms with Gasteiger partial charge >= 0.3 is 6.18 Å². The maximum Gasteiger partial charge on any atom is 0.417 e. The van der Waals surface area contributed by atoms with Gasteiger partial charge in [0.1, 0.15) is 5.65 Å². The van der Waals surface area contributed by atoms with E-state index >= 15 is 0 Å². The van der Waals surface area contributed by atoms with Gasteiger partial charge in [-0.25, -0.2) is 13.4 Å². The Kier molecular flexibility index (Phi) is 9.26. The summed E-state index contributed by atoms with van der Waals surface area (Å²) in [5.41, 5.74) is 0.0295.